The van der Waals surface area contributed by atoms with Crippen LogP contribution in [0.25, 0.3) is 0 Å². The molecule has 1 aliphatic carbocycles. The van der Waals surface area contributed by atoms with E-state index in [0.717, 1.165) is 12.8 Å². The highest BCUT2D eigenvalue weighted by Crippen LogP contribution is 2.28. The van der Waals surface area contributed by atoms with Crippen molar-refractivity contribution in [3.8, 4) is 0 Å². The van der Waals surface area contributed by atoms with Crippen LogP contribution >= 0.6 is 0 Å². The maximum absolute atomic E-state index is 11.7. The van der Waals surface area contributed by atoms with Crippen molar-refractivity contribution in [2.45, 2.75) is 59.2 Å². The van der Waals surface area contributed by atoms with Gasteiger partial charge in [0.1, 0.15) is 0 Å². The zero-order valence-electron chi connectivity index (χ0n) is 14.0. The second kappa shape index (κ2) is 9.37. The monoisotopic (exact) mass is 329 g/mol. The van der Waals surface area contributed by atoms with E-state index in [1.54, 1.807) is 0 Å². The highest BCUT2D eigenvalue weighted by molar-refractivity contribution is 5.71. The standard InChI is InChI=1S/C16H27NO6/c1-10(2)8-14(18)22-11(3)23-16(21)17-9-12-4-6-13(7-5-12)15(19)20/h10-13H,4-9H2,1-3H3,(H,17,21)(H,19,20)/t11?,12-,13-. The van der Waals surface area contributed by atoms with Crippen LogP contribution < -0.4 is 5.32 Å². The lowest BCUT2D eigenvalue weighted by atomic mass is 9.82. The van der Waals surface area contributed by atoms with Crippen molar-refractivity contribution >= 4 is 18.0 Å². The topological polar surface area (TPSA) is 102 Å². The van der Waals surface area contributed by atoms with Gasteiger partial charge in [-0.05, 0) is 37.5 Å². The Morgan fingerprint density at radius 2 is 1.70 bits per heavy atom. The van der Waals surface area contributed by atoms with E-state index in [4.69, 9.17) is 14.6 Å². The van der Waals surface area contributed by atoms with Crippen molar-refractivity contribution in [1.29, 1.82) is 0 Å². The summed E-state index contributed by atoms with van der Waals surface area (Å²) in [6.45, 7) is 5.74. The SMILES string of the molecule is CC(C)CC(=O)OC(C)OC(=O)NC[C@H]1CC[C@H](C(=O)O)CC1. The molecule has 0 aliphatic heterocycles. The van der Waals surface area contributed by atoms with E-state index in [2.05, 4.69) is 5.32 Å². The third-order valence-electron chi connectivity index (χ3n) is 3.88. The van der Waals surface area contributed by atoms with E-state index in [1.165, 1.54) is 6.92 Å². The van der Waals surface area contributed by atoms with E-state index in [9.17, 15) is 14.4 Å². The lowest BCUT2D eigenvalue weighted by Gasteiger charge is -2.26. The maximum Gasteiger partial charge on any atom is 0.410 e. The van der Waals surface area contributed by atoms with E-state index >= 15 is 0 Å². The first kappa shape index (κ1) is 19.3. The summed E-state index contributed by atoms with van der Waals surface area (Å²) in [6.07, 6.45) is 1.55. The predicted molar refractivity (Wildman–Crippen MR) is 82.6 cm³/mol. The predicted octanol–water partition coefficient (Wildman–Crippen LogP) is 2.54. The fourth-order valence-corrected chi connectivity index (χ4v) is 2.62. The molecule has 0 aromatic heterocycles. The molecule has 1 fully saturated rings. The van der Waals surface area contributed by atoms with Crippen LogP contribution in [0.1, 0.15) is 52.9 Å². The highest BCUT2D eigenvalue weighted by Gasteiger charge is 2.26. The smallest absolute Gasteiger partial charge is 0.410 e. The molecule has 0 aromatic rings. The Hall–Kier alpha value is -1.79. The second-order valence-corrected chi connectivity index (χ2v) is 6.50. The van der Waals surface area contributed by atoms with E-state index in [0.29, 0.717) is 19.4 Å². The minimum Gasteiger partial charge on any atom is -0.481 e. The van der Waals surface area contributed by atoms with Crippen LogP contribution in [-0.2, 0) is 19.1 Å². The molecule has 1 atom stereocenters. The summed E-state index contributed by atoms with van der Waals surface area (Å²) in [6, 6.07) is 0. The molecular weight excluding hydrogens is 302 g/mol. The van der Waals surface area contributed by atoms with Gasteiger partial charge in [0.05, 0.1) is 5.92 Å². The van der Waals surface area contributed by atoms with Crippen LogP contribution in [0, 0.1) is 17.8 Å². The van der Waals surface area contributed by atoms with Crippen LogP contribution in [-0.4, -0.2) is 36.0 Å². The number of hydrogen-bond donors (Lipinski definition) is 2. The fraction of sp³-hybridized carbons (Fsp3) is 0.812. The first-order chi connectivity index (χ1) is 10.8. The Labute approximate surface area is 136 Å². The number of alkyl carbamates (subject to hydrolysis) is 1. The number of hydrogen-bond acceptors (Lipinski definition) is 5. The van der Waals surface area contributed by atoms with Crippen molar-refractivity contribution in [3.05, 3.63) is 0 Å². The van der Waals surface area contributed by atoms with Gasteiger partial charge in [-0.15, -0.1) is 0 Å². The van der Waals surface area contributed by atoms with Crippen molar-refractivity contribution in [2.24, 2.45) is 17.8 Å². The summed E-state index contributed by atoms with van der Waals surface area (Å²) in [5.74, 6) is -0.958. The summed E-state index contributed by atoms with van der Waals surface area (Å²) >= 11 is 0. The molecule has 132 valence electrons. The molecule has 23 heavy (non-hydrogen) atoms. The zero-order valence-corrected chi connectivity index (χ0v) is 14.0. The van der Waals surface area contributed by atoms with Gasteiger partial charge in [0.25, 0.3) is 0 Å². The quantitative estimate of drug-likeness (QED) is 0.550. The summed E-state index contributed by atoms with van der Waals surface area (Å²) in [5.41, 5.74) is 0. The summed E-state index contributed by atoms with van der Waals surface area (Å²) in [4.78, 5) is 34.0. The van der Waals surface area contributed by atoms with E-state index < -0.39 is 24.3 Å². The molecule has 0 aromatic carbocycles. The minimum absolute atomic E-state index is 0.185. The molecule has 1 amide bonds. The first-order valence-electron chi connectivity index (χ1n) is 8.14. The van der Waals surface area contributed by atoms with E-state index in [1.807, 2.05) is 13.8 Å². The van der Waals surface area contributed by atoms with Crippen molar-refractivity contribution in [3.63, 3.8) is 0 Å². The number of nitrogens with one attached hydrogen (secondary N) is 1. The average molecular weight is 329 g/mol. The Kier molecular flexibility index (Phi) is 7.85. The van der Waals surface area contributed by atoms with Crippen LogP contribution in [0.4, 0.5) is 4.79 Å². The zero-order chi connectivity index (χ0) is 17.4. The van der Waals surface area contributed by atoms with E-state index in [-0.39, 0.29) is 24.2 Å². The number of amides is 1. The number of esters is 1. The molecule has 0 saturated heterocycles. The summed E-state index contributed by atoms with van der Waals surface area (Å²) in [7, 11) is 0. The fourth-order valence-electron chi connectivity index (χ4n) is 2.62. The Morgan fingerprint density at radius 3 is 2.22 bits per heavy atom. The lowest BCUT2D eigenvalue weighted by molar-refractivity contribution is -0.165. The Balaban J connectivity index is 2.19. The number of carbonyl (C=O) groups excluding carboxylic acids is 2. The molecule has 7 nitrogen and oxygen atoms in total. The third kappa shape index (κ3) is 7.85. The van der Waals surface area contributed by atoms with Gasteiger partial charge in [0.15, 0.2) is 0 Å². The number of aliphatic carboxylic acids is 1. The molecule has 1 aliphatic rings. The normalized spacial score (nSPS) is 22.3. The number of carboxylic acids is 1. The van der Waals surface area contributed by atoms with Gasteiger partial charge in [-0.3, -0.25) is 9.59 Å². The van der Waals surface area contributed by atoms with Crippen molar-refractivity contribution in [2.75, 3.05) is 6.54 Å². The molecular formula is C16H27NO6. The Morgan fingerprint density at radius 1 is 1.09 bits per heavy atom. The average Bonchev–Trinajstić information content (AvgIpc) is 2.44. The van der Waals surface area contributed by atoms with Crippen molar-refractivity contribution in [1.82, 2.24) is 5.32 Å². The lowest BCUT2D eigenvalue weighted by Crippen LogP contribution is -2.35. The molecule has 0 radical (unpaired) electrons. The summed E-state index contributed by atoms with van der Waals surface area (Å²) in [5, 5.41) is 11.6. The first-order valence-corrected chi connectivity index (χ1v) is 8.14. The van der Waals surface area contributed by atoms with Crippen LogP contribution in [0.3, 0.4) is 0 Å². The molecule has 1 saturated carbocycles. The van der Waals surface area contributed by atoms with Gasteiger partial charge in [0.2, 0.25) is 6.29 Å². The molecule has 0 bridgehead atoms. The number of carboxylic acid groups (broad SMARTS) is 1. The molecule has 0 heterocycles. The van der Waals surface area contributed by atoms with Crippen molar-refractivity contribution < 1.29 is 29.0 Å². The molecule has 2 N–H and O–H groups in total. The highest BCUT2D eigenvalue weighted by atomic mass is 16.7. The maximum atomic E-state index is 11.7. The van der Waals surface area contributed by atoms with Gasteiger partial charge in [-0.1, -0.05) is 13.8 Å². The largest absolute Gasteiger partial charge is 0.481 e. The molecule has 7 heteroatoms. The molecule has 1 rings (SSSR count). The van der Waals surface area contributed by atoms with Gasteiger partial charge in [-0.2, -0.15) is 0 Å². The van der Waals surface area contributed by atoms with Crippen LogP contribution in [0.5, 0.6) is 0 Å². The van der Waals surface area contributed by atoms with Gasteiger partial charge in [-0.25, -0.2) is 4.79 Å². The summed E-state index contributed by atoms with van der Waals surface area (Å²) < 4.78 is 9.94. The van der Waals surface area contributed by atoms with Crippen LogP contribution in [0.15, 0.2) is 0 Å². The molecule has 0 spiro atoms. The number of ether oxygens (including phenoxy) is 2. The number of carbonyl (C=O) groups is 3. The Bertz CT molecular complexity index is 415. The minimum atomic E-state index is -0.927. The third-order valence-corrected chi connectivity index (χ3v) is 3.88. The van der Waals surface area contributed by atoms with Gasteiger partial charge >= 0.3 is 18.0 Å². The van der Waals surface area contributed by atoms with Crippen LogP contribution in [0.2, 0.25) is 0 Å². The number of rotatable bonds is 7. The second-order valence-electron chi connectivity index (χ2n) is 6.50. The molecule has 1 unspecified atom stereocenters. The van der Waals surface area contributed by atoms with Gasteiger partial charge < -0.3 is 19.9 Å². The van der Waals surface area contributed by atoms with Gasteiger partial charge in [0, 0.05) is 19.9 Å².